The number of H-pyrrole nitrogens is 1. The van der Waals surface area contributed by atoms with Crippen molar-refractivity contribution in [3.63, 3.8) is 0 Å². The number of aryl methyl sites for hydroxylation is 1. The van der Waals surface area contributed by atoms with Crippen LogP contribution in [-0.2, 0) is 13.1 Å². The van der Waals surface area contributed by atoms with Crippen molar-refractivity contribution in [2.24, 2.45) is 0 Å². The van der Waals surface area contributed by atoms with Gasteiger partial charge in [-0.1, -0.05) is 5.16 Å². The smallest absolute Gasteiger partial charge is 0.252 e. The van der Waals surface area contributed by atoms with Gasteiger partial charge in [-0.3, -0.25) is 14.6 Å². The molecule has 0 saturated heterocycles. The number of nitrogens with one attached hydrogen (secondary N) is 2. The summed E-state index contributed by atoms with van der Waals surface area (Å²) < 4.78 is 7.08. The lowest BCUT2D eigenvalue weighted by molar-refractivity contribution is 0.0945. The maximum Gasteiger partial charge on any atom is 0.252 e. The topological polar surface area (TPSA) is 126 Å². The number of pyridine rings is 1. The van der Waals surface area contributed by atoms with E-state index < -0.39 is 11.5 Å². The number of nitrogens with zero attached hydrogens (tertiary/aromatic N) is 3. The van der Waals surface area contributed by atoms with Crippen LogP contribution >= 0.6 is 0 Å². The Balaban J connectivity index is 1.69. The first-order valence-corrected chi connectivity index (χ1v) is 7.26. The summed E-state index contributed by atoms with van der Waals surface area (Å²) in [7, 11) is 0. The van der Waals surface area contributed by atoms with Crippen molar-refractivity contribution < 1.29 is 14.4 Å². The second kappa shape index (κ2) is 6.41. The molecule has 9 nitrogen and oxygen atoms in total. The molecule has 9 heteroatoms. The molecular formula is C15H15N5O4. The molecule has 0 atom stereocenters. The van der Waals surface area contributed by atoms with Gasteiger partial charge >= 0.3 is 0 Å². The van der Waals surface area contributed by atoms with Crippen LogP contribution in [0.2, 0.25) is 0 Å². The molecule has 0 saturated carbocycles. The highest BCUT2D eigenvalue weighted by molar-refractivity contribution is 5.94. The lowest BCUT2D eigenvalue weighted by Gasteiger charge is -2.02. The Morgan fingerprint density at radius 2 is 2.29 bits per heavy atom. The van der Waals surface area contributed by atoms with Gasteiger partial charge in [0.1, 0.15) is 0 Å². The number of carbonyl (C=O) groups excluding carboxylic acids is 1. The molecular weight excluding hydrogens is 314 g/mol. The van der Waals surface area contributed by atoms with Crippen LogP contribution < -0.4 is 10.9 Å². The highest BCUT2D eigenvalue weighted by Crippen LogP contribution is 2.16. The van der Waals surface area contributed by atoms with E-state index in [0.29, 0.717) is 5.82 Å². The largest absolute Gasteiger partial charge is 0.494 e. The van der Waals surface area contributed by atoms with E-state index in [0.717, 1.165) is 24.4 Å². The van der Waals surface area contributed by atoms with Gasteiger partial charge in [0.2, 0.25) is 11.7 Å². The number of hydrogen-bond acceptors (Lipinski definition) is 6. The first-order chi connectivity index (χ1) is 11.6. The van der Waals surface area contributed by atoms with E-state index in [2.05, 4.69) is 20.4 Å². The molecule has 0 aliphatic rings. The Hall–Kier alpha value is -3.36. The monoisotopic (exact) mass is 329 g/mol. The number of aromatic amines is 1. The number of amides is 1. The summed E-state index contributed by atoms with van der Waals surface area (Å²) in [5.41, 5.74) is 0.287. The zero-order valence-corrected chi connectivity index (χ0v) is 12.8. The summed E-state index contributed by atoms with van der Waals surface area (Å²) in [5.74, 6) is -0.252. The molecule has 0 fully saturated rings. The fraction of sp³-hybridized carbons (Fsp3) is 0.200. The van der Waals surface area contributed by atoms with Crippen LogP contribution in [-0.4, -0.2) is 30.7 Å². The van der Waals surface area contributed by atoms with Gasteiger partial charge in [0, 0.05) is 24.9 Å². The van der Waals surface area contributed by atoms with Crippen LogP contribution in [0, 0.1) is 0 Å². The summed E-state index contributed by atoms with van der Waals surface area (Å²) in [6.07, 6.45) is 1.91. The molecule has 0 aliphatic heterocycles. The van der Waals surface area contributed by atoms with Crippen molar-refractivity contribution in [2.45, 2.75) is 20.0 Å². The van der Waals surface area contributed by atoms with Gasteiger partial charge in [-0.05, 0) is 19.1 Å². The SMILES string of the molecule is CCn1cccc1-c1noc(CNC(=O)c2cc(O)[nH]c(=O)c2)n1. The maximum absolute atomic E-state index is 12.0. The Morgan fingerprint density at radius 1 is 1.46 bits per heavy atom. The highest BCUT2D eigenvalue weighted by atomic mass is 16.5. The third-order valence-corrected chi connectivity index (χ3v) is 3.36. The van der Waals surface area contributed by atoms with E-state index in [1.54, 1.807) is 0 Å². The molecule has 124 valence electrons. The Morgan fingerprint density at radius 3 is 3.04 bits per heavy atom. The van der Waals surface area contributed by atoms with Crippen molar-refractivity contribution in [1.82, 2.24) is 25.0 Å². The summed E-state index contributed by atoms with van der Waals surface area (Å²) >= 11 is 0. The van der Waals surface area contributed by atoms with Gasteiger partial charge in [-0.25, -0.2) is 0 Å². The van der Waals surface area contributed by atoms with E-state index in [4.69, 9.17) is 4.52 Å². The molecule has 0 radical (unpaired) electrons. The van der Waals surface area contributed by atoms with E-state index in [1.807, 2.05) is 29.8 Å². The third-order valence-electron chi connectivity index (χ3n) is 3.36. The molecule has 0 bridgehead atoms. The first kappa shape index (κ1) is 15.5. The van der Waals surface area contributed by atoms with E-state index in [-0.39, 0.29) is 23.9 Å². The van der Waals surface area contributed by atoms with Crippen LogP contribution in [0.25, 0.3) is 11.5 Å². The fourth-order valence-corrected chi connectivity index (χ4v) is 2.24. The fourth-order valence-electron chi connectivity index (χ4n) is 2.24. The minimum absolute atomic E-state index is 0.00618. The predicted octanol–water partition coefficient (Wildman–Crippen LogP) is 0.882. The lowest BCUT2D eigenvalue weighted by Crippen LogP contribution is -2.24. The van der Waals surface area contributed by atoms with Crippen LogP contribution in [0.4, 0.5) is 0 Å². The van der Waals surface area contributed by atoms with Crippen molar-refractivity contribution in [3.05, 3.63) is 52.3 Å². The molecule has 0 aliphatic carbocycles. The average Bonchev–Trinajstić information content (AvgIpc) is 3.20. The van der Waals surface area contributed by atoms with Gasteiger partial charge < -0.3 is 19.5 Å². The van der Waals surface area contributed by atoms with Crippen LogP contribution in [0.5, 0.6) is 5.88 Å². The van der Waals surface area contributed by atoms with E-state index in [1.165, 1.54) is 0 Å². The second-order valence-corrected chi connectivity index (χ2v) is 4.99. The molecule has 1 amide bonds. The number of aromatic nitrogens is 4. The van der Waals surface area contributed by atoms with Crippen LogP contribution in [0.3, 0.4) is 0 Å². The number of aromatic hydroxyl groups is 1. The van der Waals surface area contributed by atoms with E-state index >= 15 is 0 Å². The van der Waals surface area contributed by atoms with Crippen LogP contribution in [0.1, 0.15) is 23.2 Å². The number of hydrogen-bond donors (Lipinski definition) is 3. The molecule has 3 aromatic heterocycles. The molecule has 3 heterocycles. The standard InChI is InChI=1S/C15H15N5O4/c1-2-20-5-3-4-10(20)14-18-13(24-19-14)8-16-15(23)9-6-11(21)17-12(22)7-9/h3-7H,2,8H2,1H3,(H,16,23)(H2,17,21,22). The highest BCUT2D eigenvalue weighted by Gasteiger charge is 2.13. The molecule has 3 aromatic rings. The third kappa shape index (κ3) is 3.19. The van der Waals surface area contributed by atoms with Gasteiger partial charge in [0.05, 0.1) is 17.8 Å². The minimum Gasteiger partial charge on any atom is -0.494 e. The molecule has 0 spiro atoms. The predicted molar refractivity (Wildman–Crippen MR) is 83.3 cm³/mol. The number of rotatable bonds is 5. The Bertz CT molecular complexity index is 924. The van der Waals surface area contributed by atoms with Crippen molar-refractivity contribution >= 4 is 5.91 Å². The zero-order chi connectivity index (χ0) is 17.1. The lowest BCUT2D eigenvalue weighted by atomic mass is 10.2. The second-order valence-electron chi connectivity index (χ2n) is 4.99. The minimum atomic E-state index is -0.569. The average molecular weight is 329 g/mol. The van der Waals surface area contributed by atoms with E-state index in [9.17, 15) is 14.7 Å². The maximum atomic E-state index is 12.0. The van der Waals surface area contributed by atoms with Crippen LogP contribution in [0.15, 0.2) is 39.8 Å². The number of carbonyl (C=O) groups is 1. The Labute approximate surface area is 135 Å². The molecule has 0 unspecified atom stereocenters. The van der Waals surface area contributed by atoms with Crippen molar-refractivity contribution in [3.8, 4) is 17.4 Å². The Kier molecular flexibility index (Phi) is 4.15. The summed E-state index contributed by atoms with van der Waals surface area (Å²) in [4.78, 5) is 29.6. The van der Waals surface area contributed by atoms with Crippen molar-refractivity contribution in [2.75, 3.05) is 0 Å². The molecule has 3 rings (SSSR count). The molecule has 0 aromatic carbocycles. The molecule has 3 N–H and O–H groups in total. The molecule has 24 heavy (non-hydrogen) atoms. The normalized spacial score (nSPS) is 10.7. The zero-order valence-electron chi connectivity index (χ0n) is 12.8. The van der Waals surface area contributed by atoms with Gasteiger partial charge in [0.15, 0.2) is 5.88 Å². The summed E-state index contributed by atoms with van der Waals surface area (Å²) in [6, 6.07) is 6.00. The van der Waals surface area contributed by atoms with Gasteiger partial charge in [0.25, 0.3) is 11.5 Å². The summed E-state index contributed by atoms with van der Waals surface area (Å²) in [6.45, 7) is 2.78. The summed E-state index contributed by atoms with van der Waals surface area (Å²) in [5, 5.41) is 15.8. The van der Waals surface area contributed by atoms with Crippen molar-refractivity contribution in [1.29, 1.82) is 0 Å². The first-order valence-electron chi connectivity index (χ1n) is 7.26. The van der Waals surface area contributed by atoms with Gasteiger partial charge in [-0.15, -0.1) is 0 Å². The van der Waals surface area contributed by atoms with Gasteiger partial charge in [-0.2, -0.15) is 4.98 Å². The quantitative estimate of drug-likeness (QED) is 0.638.